The van der Waals surface area contributed by atoms with Crippen LogP contribution in [-0.2, 0) is 44.6 Å². The molecule has 0 N–H and O–H groups in total. The summed E-state index contributed by atoms with van der Waals surface area (Å²) < 4.78 is 44.0. The molecular formula is C32H42O8. The smallest absolute Gasteiger partial charge is 0.303 e. The Kier molecular flexibility index (Phi) is 9.56. The Labute approximate surface area is 237 Å². The van der Waals surface area contributed by atoms with Crippen LogP contribution < -0.4 is 0 Å². The highest BCUT2D eigenvalue weighted by atomic mass is 16.8. The Hall–Kier alpha value is -2.33. The maximum atomic E-state index is 12.2. The average molecular weight is 555 g/mol. The van der Waals surface area contributed by atoms with Crippen LogP contribution in [0, 0.1) is 17.8 Å². The van der Waals surface area contributed by atoms with Gasteiger partial charge in [0.25, 0.3) is 0 Å². The summed E-state index contributed by atoms with van der Waals surface area (Å²) in [6, 6.07) is 19.9. The van der Waals surface area contributed by atoms with Gasteiger partial charge in [-0.1, -0.05) is 88.4 Å². The van der Waals surface area contributed by atoms with Crippen molar-refractivity contribution in [1.82, 2.24) is 0 Å². The molecule has 0 aromatic heterocycles. The van der Waals surface area contributed by atoms with Crippen molar-refractivity contribution in [2.75, 3.05) is 6.61 Å². The Morgan fingerprint density at radius 2 is 1.55 bits per heavy atom. The molecule has 3 saturated heterocycles. The third-order valence-corrected chi connectivity index (χ3v) is 8.45. The van der Waals surface area contributed by atoms with Crippen LogP contribution in [0.2, 0.25) is 0 Å². The first-order valence-electron chi connectivity index (χ1n) is 14.5. The van der Waals surface area contributed by atoms with Gasteiger partial charge in [-0.25, -0.2) is 0 Å². The predicted octanol–water partition coefficient (Wildman–Crippen LogP) is 5.40. The predicted molar refractivity (Wildman–Crippen MR) is 147 cm³/mol. The standard InChI is InChI=1S/C32H42O8/c1-6-25-27(19(2)20(3)30(37-25)34-17-23-13-9-7-10-14-23)40-32-29(36-22(5)33)21(4)28-26(38-32)18-35-31(39-28)24-15-11-8-12-16-24/h7-16,19-21,25-32H,6,17-18H2,1-5H3/t19-,20?,21+,25?,26?,27+,28+,29?,30-,31?,32+/m1/s1. The second-order valence-corrected chi connectivity index (χ2v) is 11.2. The first kappa shape index (κ1) is 29.2. The van der Waals surface area contributed by atoms with Crippen LogP contribution in [0.25, 0.3) is 0 Å². The molecule has 3 aliphatic heterocycles. The minimum atomic E-state index is -0.778. The lowest BCUT2D eigenvalue weighted by atomic mass is 9.83. The SMILES string of the molecule is CCC1O[C@@H](OCc2ccccc2)C(C)[C@@H](C)[C@@H]1O[C@@H]1OC2COC(c3ccccc3)O[C@H]2[C@H](C)C1OC(C)=O. The van der Waals surface area contributed by atoms with E-state index in [9.17, 15) is 4.79 Å². The number of hydrogen-bond donors (Lipinski definition) is 0. The maximum Gasteiger partial charge on any atom is 0.303 e. The van der Waals surface area contributed by atoms with Crippen LogP contribution in [0.3, 0.4) is 0 Å². The zero-order chi connectivity index (χ0) is 28.2. The van der Waals surface area contributed by atoms with Gasteiger partial charge < -0.3 is 33.2 Å². The fraction of sp³-hybridized carbons (Fsp3) is 0.594. The van der Waals surface area contributed by atoms with Gasteiger partial charge in [0.1, 0.15) is 6.10 Å². The zero-order valence-electron chi connectivity index (χ0n) is 24.0. The van der Waals surface area contributed by atoms with Crippen LogP contribution >= 0.6 is 0 Å². The summed E-state index contributed by atoms with van der Waals surface area (Å²) in [5, 5.41) is 0. The summed E-state index contributed by atoms with van der Waals surface area (Å²) in [5.74, 6) is -0.384. The summed E-state index contributed by atoms with van der Waals surface area (Å²) in [7, 11) is 0. The second-order valence-electron chi connectivity index (χ2n) is 11.2. The number of benzene rings is 2. The number of carbonyl (C=O) groups excluding carboxylic acids is 1. The Bertz CT molecular complexity index is 1080. The number of fused-ring (bicyclic) bond motifs is 1. The van der Waals surface area contributed by atoms with Crippen LogP contribution in [0.15, 0.2) is 60.7 Å². The number of carbonyl (C=O) groups is 1. The number of hydrogen-bond acceptors (Lipinski definition) is 8. The highest BCUT2D eigenvalue weighted by Crippen LogP contribution is 2.41. The molecule has 218 valence electrons. The lowest BCUT2D eigenvalue weighted by molar-refractivity contribution is -0.373. The van der Waals surface area contributed by atoms with Crippen molar-refractivity contribution in [2.45, 2.75) is 97.0 Å². The molecule has 0 spiro atoms. The topological polar surface area (TPSA) is 81.7 Å². The molecule has 11 atom stereocenters. The molecule has 5 unspecified atom stereocenters. The van der Waals surface area contributed by atoms with Gasteiger partial charge in [0.15, 0.2) is 25.0 Å². The normalized spacial score (nSPS) is 37.9. The summed E-state index contributed by atoms with van der Waals surface area (Å²) in [6.07, 6.45) is -2.69. The van der Waals surface area contributed by atoms with Crippen molar-refractivity contribution in [3.8, 4) is 0 Å². The number of ether oxygens (including phenoxy) is 7. The van der Waals surface area contributed by atoms with Crippen molar-refractivity contribution in [2.24, 2.45) is 17.8 Å². The molecule has 40 heavy (non-hydrogen) atoms. The molecule has 8 heteroatoms. The summed E-state index contributed by atoms with van der Waals surface area (Å²) >= 11 is 0. The van der Waals surface area contributed by atoms with Crippen LogP contribution in [0.1, 0.15) is 58.5 Å². The second kappa shape index (κ2) is 13.1. The van der Waals surface area contributed by atoms with Gasteiger partial charge in [-0.05, 0) is 17.9 Å². The number of esters is 1. The van der Waals surface area contributed by atoms with E-state index in [4.69, 9.17) is 33.2 Å². The van der Waals surface area contributed by atoms with E-state index in [1.54, 1.807) is 0 Å². The molecule has 8 nitrogen and oxygen atoms in total. The lowest BCUT2D eigenvalue weighted by Crippen LogP contribution is -2.61. The van der Waals surface area contributed by atoms with Gasteiger partial charge in [0, 0.05) is 24.3 Å². The fourth-order valence-corrected chi connectivity index (χ4v) is 5.96. The molecule has 5 rings (SSSR count). The molecule has 2 aromatic carbocycles. The monoisotopic (exact) mass is 554 g/mol. The molecule has 3 aliphatic rings. The van der Waals surface area contributed by atoms with Crippen molar-refractivity contribution < 1.29 is 38.0 Å². The van der Waals surface area contributed by atoms with Gasteiger partial charge >= 0.3 is 5.97 Å². The first-order valence-corrected chi connectivity index (χ1v) is 14.5. The first-order chi connectivity index (χ1) is 19.4. The van der Waals surface area contributed by atoms with Gasteiger partial charge in [0.2, 0.25) is 0 Å². The highest BCUT2D eigenvalue weighted by Gasteiger charge is 2.52. The fourth-order valence-electron chi connectivity index (χ4n) is 5.96. The average Bonchev–Trinajstić information content (AvgIpc) is 2.97. The quantitative estimate of drug-likeness (QED) is 0.401. The minimum Gasteiger partial charge on any atom is -0.457 e. The third-order valence-electron chi connectivity index (χ3n) is 8.45. The zero-order valence-corrected chi connectivity index (χ0v) is 24.0. The molecule has 2 aromatic rings. The molecule has 0 saturated carbocycles. The van der Waals surface area contributed by atoms with Crippen LogP contribution in [-0.4, -0.2) is 55.7 Å². The van der Waals surface area contributed by atoms with E-state index in [-0.39, 0.29) is 54.4 Å². The third kappa shape index (κ3) is 6.43. The van der Waals surface area contributed by atoms with Crippen molar-refractivity contribution in [1.29, 1.82) is 0 Å². The van der Waals surface area contributed by atoms with E-state index in [1.807, 2.05) is 67.6 Å². The van der Waals surface area contributed by atoms with E-state index in [0.717, 1.165) is 17.5 Å². The summed E-state index contributed by atoms with van der Waals surface area (Å²) in [4.78, 5) is 12.2. The summed E-state index contributed by atoms with van der Waals surface area (Å²) in [5.41, 5.74) is 2.04. The Morgan fingerprint density at radius 3 is 2.23 bits per heavy atom. The van der Waals surface area contributed by atoms with Crippen molar-refractivity contribution in [3.63, 3.8) is 0 Å². The van der Waals surface area contributed by atoms with Crippen molar-refractivity contribution in [3.05, 3.63) is 71.8 Å². The molecule has 0 amide bonds. The van der Waals surface area contributed by atoms with Gasteiger partial charge in [-0.15, -0.1) is 0 Å². The highest BCUT2D eigenvalue weighted by molar-refractivity contribution is 5.66. The van der Waals surface area contributed by atoms with E-state index >= 15 is 0 Å². The Balaban J connectivity index is 1.28. The molecule has 0 aliphatic carbocycles. The van der Waals surface area contributed by atoms with E-state index in [2.05, 4.69) is 20.8 Å². The molecule has 3 heterocycles. The van der Waals surface area contributed by atoms with Crippen LogP contribution in [0.4, 0.5) is 0 Å². The maximum absolute atomic E-state index is 12.2. The lowest BCUT2D eigenvalue weighted by Gasteiger charge is -2.50. The molecule has 0 radical (unpaired) electrons. The van der Waals surface area contributed by atoms with Gasteiger partial charge in [-0.3, -0.25) is 4.79 Å². The molecule has 3 fully saturated rings. The van der Waals surface area contributed by atoms with E-state index < -0.39 is 18.7 Å². The largest absolute Gasteiger partial charge is 0.457 e. The molecular weight excluding hydrogens is 512 g/mol. The van der Waals surface area contributed by atoms with E-state index in [1.165, 1.54) is 6.92 Å². The van der Waals surface area contributed by atoms with Crippen molar-refractivity contribution >= 4 is 5.97 Å². The molecule has 0 bridgehead atoms. The Morgan fingerprint density at radius 1 is 0.850 bits per heavy atom. The van der Waals surface area contributed by atoms with Gasteiger partial charge in [-0.2, -0.15) is 0 Å². The minimum absolute atomic E-state index is 0.0745. The van der Waals surface area contributed by atoms with Crippen LogP contribution in [0.5, 0.6) is 0 Å². The number of rotatable bonds is 8. The van der Waals surface area contributed by atoms with E-state index in [0.29, 0.717) is 13.2 Å². The van der Waals surface area contributed by atoms with Gasteiger partial charge in [0.05, 0.1) is 31.5 Å². The summed E-state index contributed by atoms with van der Waals surface area (Å²) in [6.45, 7) is 10.6.